The number of hydrogen-bond acceptors (Lipinski definition) is 5. The molecule has 2 aromatic rings. The highest BCUT2D eigenvalue weighted by molar-refractivity contribution is 6.31. The minimum atomic E-state index is -0.528. The number of hydrogen-bond donors (Lipinski definition) is 1. The molecule has 204 valence electrons. The quantitative estimate of drug-likeness (QED) is 0.277. The fraction of sp³-hybridized carbons (Fsp3) is 0.519. The maximum absolute atomic E-state index is 13.5. The second-order valence-electron chi connectivity index (χ2n) is 9.12. The molecule has 3 amide bonds. The van der Waals surface area contributed by atoms with E-state index in [0.29, 0.717) is 44.2 Å². The summed E-state index contributed by atoms with van der Waals surface area (Å²) in [6.45, 7) is 7.92. The smallest absolute Gasteiger partial charge is 0.325 e. The SMILES string of the molecule is CCOC(=O)CNC(=O)N(CCCOC)CC(=O)N(Cc1cccn1Cc1ccccc1Cl)CC(C)C. The molecule has 9 nitrogen and oxygen atoms in total. The molecule has 0 aliphatic heterocycles. The number of amides is 3. The Balaban J connectivity index is 2.14. The van der Waals surface area contributed by atoms with E-state index in [-0.39, 0.29) is 31.5 Å². The van der Waals surface area contributed by atoms with Crippen LogP contribution in [0.5, 0.6) is 0 Å². The van der Waals surface area contributed by atoms with Gasteiger partial charge in [-0.1, -0.05) is 43.6 Å². The molecule has 1 N–H and O–H groups in total. The minimum absolute atomic E-state index is 0.115. The Hall–Kier alpha value is -3.04. The molecule has 1 aromatic heterocycles. The molecular weight excluding hydrogens is 496 g/mol. The summed E-state index contributed by atoms with van der Waals surface area (Å²) >= 11 is 6.36. The van der Waals surface area contributed by atoms with Crippen LogP contribution in [-0.2, 0) is 32.2 Å². The number of benzene rings is 1. The van der Waals surface area contributed by atoms with Gasteiger partial charge in [0, 0.05) is 50.3 Å². The molecule has 0 fully saturated rings. The van der Waals surface area contributed by atoms with Crippen LogP contribution >= 0.6 is 11.6 Å². The molecule has 0 saturated carbocycles. The largest absolute Gasteiger partial charge is 0.465 e. The molecule has 0 unspecified atom stereocenters. The van der Waals surface area contributed by atoms with Gasteiger partial charge in [0.05, 0.1) is 13.2 Å². The first-order valence-corrected chi connectivity index (χ1v) is 12.9. The Labute approximate surface area is 224 Å². The van der Waals surface area contributed by atoms with Gasteiger partial charge in [-0.15, -0.1) is 0 Å². The highest BCUT2D eigenvalue weighted by Crippen LogP contribution is 2.18. The van der Waals surface area contributed by atoms with Crippen LogP contribution in [0.25, 0.3) is 0 Å². The fourth-order valence-corrected chi connectivity index (χ4v) is 4.03. The van der Waals surface area contributed by atoms with Gasteiger partial charge in [-0.05, 0) is 43.0 Å². The average molecular weight is 535 g/mol. The number of ether oxygens (including phenoxy) is 2. The maximum atomic E-state index is 13.5. The number of urea groups is 1. The van der Waals surface area contributed by atoms with Crippen molar-refractivity contribution in [1.82, 2.24) is 19.7 Å². The second-order valence-corrected chi connectivity index (χ2v) is 9.53. The molecule has 2 rings (SSSR count). The van der Waals surface area contributed by atoms with E-state index in [4.69, 9.17) is 21.1 Å². The van der Waals surface area contributed by atoms with Crippen molar-refractivity contribution >= 4 is 29.5 Å². The second kappa shape index (κ2) is 15.9. The van der Waals surface area contributed by atoms with E-state index in [1.165, 1.54) is 4.90 Å². The molecule has 0 radical (unpaired) electrons. The third-order valence-electron chi connectivity index (χ3n) is 5.59. The third-order valence-corrected chi connectivity index (χ3v) is 5.96. The standard InChI is InChI=1S/C27H39ClN4O5/c1-5-37-26(34)16-29-27(35)31(14-9-15-36-4)20-25(33)32(17-21(2)3)19-23-11-8-13-30(23)18-22-10-6-7-12-24(22)28/h6-8,10-13,21H,5,9,14-20H2,1-4H3,(H,29,35). The molecule has 0 spiro atoms. The van der Waals surface area contributed by atoms with E-state index in [0.717, 1.165) is 11.3 Å². The van der Waals surface area contributed by atoms with Crippen molar-refractivity contribution < 1.29 is 23.9 Å². The summed E-state index contributed by atoms with van der Waals surface area (Å²) in [4.78, 5) is 41.1. The summed E-state index contributed by atoms with van der Waals surface area (Å²) in [5, 5.41) is 3.24. The van der Waals surface area contributed by atoms with Crippen molar-refractivity contribution in [3.8, 4) is 0 Å². The van der Waals surface area contributed by atoms with Crippen molar-refractivity contribution in [1.29, 1.82) is 0 Å². The number of carbonyl (C=O) groups excluding carboxylic acids is 3. The third kappa shape index (κ3) is 10.5. The van der Waals surface area contributed by atoms with E-state index in [1.54, 1.807) is 18.9 Å². The first kappa shape index (κ1) is 30.2. The highest BCUT2D eigenvalue weighted by Gasteiger charge is 2.23. The van der Waals surface area contributed by atoms with Gasteiger partial charge >= 0.3 is 12.0 Å². The minimum Gasteiger partial charge on any atom is -0.465 e. The summed E-state index contributed by atoms with van der Waals surface area (Å²) in [5.74, 6) is -0.474. The van der Waals surface area contributed by atoms with Crippen LogP contribution in [0.4, 0.5) is 4.79 Å². The predicted molar refractivity (Wildman–Crippen MR) is 143 cm³/mol. The zero-order chi connectivity index (χ0) is 27.2. The topological polar surface area (TPSA) is 93.1 Å². The highest BCUT2D eigenvalue weighted by atomic mass is 35.5. The molecule has 1 aromatic carbocycles. The lowest BCUT2D eigenvalue weighted by atomic mass is 10.2. The van der Waals surface area contributed by atoms with Gasteiger partial charge in [0.1, 0.15) is 13.1 Å². The van der Waals surface area contributed by atoms with Crippen LogP contribution in [0.15, 0.2) is 42.6 Å². The first-order valence-electron chi connectivity index (χ1n) is 12.6. The van der Waals surface area contributed by atoms with Crippen LogP contribution in [0, 0.1) is 5.92 Å². The Kier molecular flexibility index (Phi) is 13.0. The zero-order valence-electron chi connectivity index (χ0n) is 22.2. The number of methoxy groups -OCH3 is 1. The van der Waals surface area contributed by atoms with Gasteiger partial charge in [-0.2, -0.15) is 0 Å². The molecule has 1 heterocycles. The van der Waals surface area contributed by atoms with Crippen molar-refractivity contribution in [3.05, 3.63) is 58.9 Å². The Morgan fingerprint density at radius 3 is 2.54 bits per heavy atom. The lowest BCUT2D eigenvalue weighted by Gasteiger charge is -2.29. The van der Waals surface area contributed by atoms with Gasteiger partial charge in [0.15, 0.2) is 0 Å². The van der Waals surface area contributed by atoms with Crippen LogP contribution < -0.4 is 5.32 Å². The van der Waals surface area contributed by atoms with Gasteiger partial charge < -0.3 is 29.2 Å². The molecule has 0 aliphatic rings. The van der Waals surface area contributed by atoms with Gasteiger partial charge in [-0.25, -0.2) is 4.79 Å². The normalized spacial score (nSPS) is 10.9. The maximum Gasteiger partial charge on any atom is 0.325 e. The van der Waals surface area contributed by atoms with E-state index in [1.807, 2.05) is 56.4 Å². The van der Waals surface area contributed by atoms with Crippen molar-refractivity contribution in [3.63, 3.8) is 0 Å². The molecular formula is C27H39ClN4O5. The van der Waals surface area contributed by atoms with Crippen LogP contribution in [0.3, 0.4) is 0 Å². The average Bonchev–Trinajstić information content (AvgIpc) is 3.29. The zero-order valence-corrected chi connectivity index (χ0v) is 23.0. The van der Waals surface area contributed by atoms with E-state index in [2.05, 4.69) is 9.88 Å². The Morgan fingerprint density at radius 1 is 1.11 bits per heavy atom. The molecule has 0 bridgehead atoms. The van der Waals surface area contributed by atoms with E-state index < -0.39 is 12.0 Å². The monoisotopic (exact) mass is 534 g/mol. The molecule has 37 heavy (non-hydrogen) atoms. The van der Waals surface area contributed by atoms with Gasteiger partial charge in [0.2, 0.25) is 5.91 Å². The van der Waals surface area contributed by atoms with E-state index in [9.17, 15) is 14.4 Å². The molecule has 0 aliphatic carbocycles. The Bertz CT molecular complexity index is 1010. The van der Waals surface area contributed by atoms with Gasteiger partial charge in [-0.3, -0.25) is 9.59 Å². The number of aromatic nitrogens is 1. The number of halogens is 1. The number of nitrogens with zero attached hydrogens (tertiary/aromatic N) is 3. The summed E-state index contributed by atoms with van der Waals surface area (Å²) in [6.07, 6.45) is 2.53. The number of rotatable bonds is 15. The summed E-state index contributed by atoms with van der Waals surface area (Å²) in [5.41, 5.74) is 1.96. The van der Waals surface area contributed by atoms with Crippen molar-refractivity contribution in [2.75, 3.05) is 46.5 Å². The lowest BCUT2D eigenvalue weighted by Crippen LogP contribution is -2.48. The van der Waals surface area contributed by atoms with Crippen LogP contribution in [0.2, 0.25) is 5.02 Å². The number of carbonyl (C=O) groups is 3. The van der Waals surface area contributed by atoms with Crippen molar-refractivity contribution in [2.45, 2.75) is 40.3 Å². The number of esters is 1. The first-order chi connectivity index (χ1) is 17.7. The summed E-state index contributed by atoms with van der Waals surface area (Å²) < 4.78 is 12.1. The van der Waals surface area contributed by atoms with Crippen LogP contribution in [-0.4, -0.2) is 78.8 Å². The summed E-state index contributed by atoms with van der Waals surface area (Å²) in [7, 11) is 1.58. The number of nitrogens with one attached hydrogen (secondary N) is 1. The van der Waals surface area contributed by atoms with Gasteiger partial charge in [0.25, 0.3) is 0 Å². The Morgan fingerprint density at radius 2 is 1.86 bits per heavy atom. The fourth-order valence-electron chi connectivity index (χ4n) is 3.84. The summed E-state index contributed by atoms with van der Waals surface area (Å²) in [6, 6.07) is 11.1. The van der Waals surface area contributed by atoms with E-state index >= 15 is 0 Å². The molecule has 0 saturated heterocycles. The van der Waals surface area contributed by atoms with Crippen molar-refractivity contribution in [2.24, 2.45) is 5.92 Å². The lowest BCUT2D eigenvalue weighted by molar-refractivity contribution is -0.141. The molecule has 10 heteroatoms. The predicted octanol–water partition coefficient (Wildman–Crippen LogP) is 3.79. The molecule has 0 atom stereocenters. The van der Waals surface area contributed by atoms with Crippen LogP contribution in [0.1, 0.15) is 38.4 Å².